The third-order valence-corrected chi connectivity index (χ3v) is 5.25. The van der Waals surface area contributed by atoms with E-state index in [4.69, 9.17) is 0 Å². The van der Waals surface area contributed by atoms with Crippen molar-refractivity contribution >= 4 is 41.7 Å². The summed E-state index contributed by atoms with van der Waals surface area (Å²) < 4.78 is 0. The molecule has 1 fully saturated rings. The maximum absolute atomic E-state index is 10.6. The molecule has 1 heterocycles. The normalized spacial score (nSPS) is 23.6. The highest BCUT2D eigenvalue weighted by molar-refractivity contribution is 14.0. The van der Waals surface area contributed by atoms with Crippen molar-refractivity contribution in [3.05, 3.63) is 30.1 Å². The minimum absolute atomic E-state index is 0. The molecule has 0 aromatic carbocycles. The second-order valence-electron chi connectivity index (χ2n) is 5.46. The fourth-order valence-corrected chi connectivity index (χ4v) is 3.67. The number of pyridine rings is 1. The topological polar surface area (TPSA) is 69.5 Å². The lowest BCUT2D eigenvalue weighted by Crippen LogP contribution is -2.58. The van der Waals surface area contributed by atoms with Crippen LogP contribution in [0.15, 0.2) is 29.4 Å². The molecule has 5 nitrogen and oxygen atoms in total. The van der Waals surface area contributed by atoms with Crippen molar-refractivity contribution < 1.29 is 5.11 Å². The molecule has 130 valence electrons. The van der Waals surface area contributed by atoms with Gasteiger partial charge in [0.1, 0.15) is 0 Å². The van der Waals surface area contributed by atoms with Gasteiger partial charge in [0.15, 0.2) is 5.96 Å². The lowest BCUT2D eigenvalue weighted by Gasteiger charge is -2.45. The molecule has 7 heteroatoms. The monoisotopic (exact) mass is 450 g/mol. The molecule has 1 saturated carbocycles. The predicted molar refractivity (Wildman–Crippen MR) is 109 cm³/mol. The van der Waals surface area contributed by atoms with Crippen molar-refractivity contribution in [3.63, 3.8) is 0 Å². The molecule has 0 aliphatic heterocycles. The van der Waals surface area contributed by atoms with Crippen molar-refractivity contribution in [2.24, 2.45) is 4.99 Å². The lowest BCUT2D eigenvalue weighted by molar-refractivity contribution is -0.0198. The maximum Gasteiger partial charge on any atom is 0.191 e. The molecule has 2 unspecified atom stereocenters. The molecule has 1 aromatic rings. The van der Waals surface area contributed by atoms with Crippen LogP contribution in [0.4, 0.5) is 0 Å². The van der Waals surface area contributed by atoms with Crippen LogP contribution >= 0.6 is 35.7 Å². The summed E-state index contributed by atoms with van der Waals surface area (Å²) >= 11 is 1.84. The number of hydrogen-bond donors (Lipinski definition) is 3. The van der Waals surface area contributed by atoms with Crippen LogP contribution in [-0.2, 0) is 6.54 Å². The van der Waals surface area contributed by atoms with Crippen LogP contribution < -0.4 is 10.6 Å². The highest BCUT2D eigenvalue weighted by Crippen LogP contribution is 2.40. The number of hydrogen-bond acceptors (Lipinski definition) is 4. The van der Waals surface area contributed by atoms with E-state index in [2.05, 4.69) is 27.5 Å². The maximum atomic E-state index is 10.6. The molecule has 0 spiro atoms. The Morgan fingerprint density at radius 3 is 2.83 bits per heavy atom. The minimum atomic E-state index is -0.609. The summed E-state index contributed by atoms with van der Waals surface area (Å²) in [7, 11) is 0. The van der Waals surface area contributed by atoms with E-state index in [-0.39, 0.29) is 24.0 Å². The molecule has 1 aromatic heterocycles. The van der Waals surface area contributed by atoms with Gasteiger partial charge in [-0.1, -0.05) is 13.0 Å². The van der Waals surface area contributed by atoms with Gasteiger partial charge in [-0.15, -0.1) is 24.0 Å². The van der Waals surface area contributed by atoms with Crippen molar-refractivity contribution in [1.29, 1.82) is 0 Å². The van der Waals surface area contributed by atoms with Crippen molar-refractivity contribution in [2.75, 3.05) is 18.8 Å². The summed E-state index contributed by atoms with van der Waals surface area (Å²) in [4.78, 5) is 8.80. The van der Waals surface area contributed by atoms with Crippen molar-refractivity contribution in [3.8, 4) is 0 Å². The zero-order valence-electron chi connectivity index (χ0n) is 13.8. The molecular formula is C16H27IN4OS. The van der Waals surface area contributed by atoms with E-state index < -0.39 is 5.60 Å². The third kappa shape index (κ3) is 6.11. The number of nitrogens with one attached hydrogen (secondary N) is 2. The second kappa shape index (κ2) is 10.4. The summed E-state index contributed by atoms with van der Waals surface area (Å²) in [5.41, 5.74) is 0.323. The molecule has 0 bridgehead atoms. The average Bonchev–Trinajstić information content (AvgIpc) is 2.55. The van der Waals surface area contributed by atoms with Crippen LogP contribution in [0.5, 0.6) is 0 Å². The van der Waals surface area contributed by atoms with Gasteiger partial charge in [-0.3, -0.25) is 4.98 Å². The van der Waals surface area contributed by atoms with Gasteiger partial charge < -0.3 is 15.7 Å². The summed E-state index contributed by atoms with van der Waals surface area (Å²) in [6.45, 7) is 6.03. The first-order valence-electron chi connectivity index (χ1n) is 7.94. The van der Waals surface area contributed by atoms with Gasteiger partial charge in [0.25, 0.3) is 0 Å². The summed E-state index contributed by atoms with van der Waals surface area (Å²) in [5.74, 6) is 1.77. The highest BCUT2D eigenvalue weighted by atomic mass is 127. The van der Waals surface area contributed by atoms with Crippen molar-refractivity contribution in [1.82, 2.24) is 15.6 Å². The van der Waals surface area contributed by atoms with Crippen molar-refractivity contribution in [2.45, 2.75) is 44.1 Å². The van der Waals surface area contributed by atoms with Crippen LogP contribution in [0.1, 0.15) is 32.4 Å². The highest BCUT2D eigenvalue weighted by Gasteiger charge is 2.45. The van der Waals surface area contributed by atoms with E-state index in [0.717, 1.165) is 36.8 Å². The molecule has 1 aliphatic carbocycles. The van der Waals surface area contributed by atoms with Crippen LogP contribution in [0.3, 0.4) is 0 Å². The van der Waals surface area contributed by atoms with Crippen LogP contribution in [0.25, 0.3) is 0 Å². The third-order valence-electron chi connectivity index (χ3n) is 3.84. The Kier molecular flexibility index (Phi) is 9.23. The number of guanidine groups is 1. The van der Waals surface area contributed by atoms with Gasteiger partial charge in [-0.2, -0.15) is 11.8 Å². The van der Waals surface area contributed by atoms with Crippen LogP contribution in [0, 0.1) is 0 Å². The van der Waals surface area contributed by atoms with Gasteiger partial charge in [0.2, 0.25) is 0 Å². The van der Waals surface area contributed by atoms with Crippen LogP contribution in [-0.4, -0.2) is 45.7 Å². The Labute approximate surface area is 160 Å². The van der Waals surface area contributed by atoms with E-state index in [0.29, 0.717) is 18.3 Å². The summed E-state index contributed by atoms with van der Waals surface area (Å²) in [6, 6.07) is 5.82. The van der Waals surface area contributed by atoms with E-state index >= 15 is 0 Å². The lowest BCUT2D eigenvalue weighted by atomic mass is 9.79. The number of thioether (sulfide) groups is 1. The Morgan fingerprint density at radius 1 is 1.43 bits per heavy atom. The number of aliphatic hydroxyl groups is 1. The average molecular weight is 450 g/mol. The zero-order chi connectivity index (χ0) is 15.8. The standard InChI is InChI=1S/C16H26N4OS.HI/c1-3-17-15(19-11-13-7-5-6-10-18-13)20-12-16(21)9-8-14(16)22-4-2;/h5-7,10,14,21H,3-4,8-9,11-12H2,1-2H3,(H2,17,19,20);1H. The molecule has 0 amide bonds. The minimum Gasteiger partial charge on any atom is -0.387 e. The van der Waals surface area contributed by atoms with Gasteiger partial charge in [0, 0.05) is 24.5 Å². The first-order chi connectivity index (χ1) is 10.7. The quantitative estimate of drug-likeness (QED) is 0.338. The largest absolute Gasteiger partial charge is 0.387 e. The molecule has 0 radical (unpaired) electrons. The first kappa shape index (κ1) is 20.5. The summed E-state index contributed by atoms with van der Waals surface area (Å²) in [6.07, 6.45) is 3.73. The van der Waals surface area contributed by atoms with E-state index in [9.17, 15) is 5.11 Å². The van der Waals surface area contributed by atoms with Gasteiger partial charge in [-0.05, 0) is 37.7 Å². The second-order valence-corrected chi connectivity index (χ2v) is 6.94. The number of aliphatic imine (C=N–C) groups is 1. The number of rotatable bonds is 7. The molecule has 1 aliphatic rings. The fourth-order valence-electron chi connectivity index (χ4n) is 2.47. The molecule has 0 saturated heterocycles. The summed E-state index contributed by atoms with van der Waals surface area (Å²) in [5, 5.41) is 17.4. The van der Waals surface area contributed by atoms with Crippen LogP contribution in [0.2, 0.25) is 0 Å². The van der Waals surface area contributed by atoms with E-state index in [1.807, 2.05) is 36.9 Å². The Morgan fingerprint density at radius 2 is 2.26 bits per heavy atom. The predicted octanol–water partition coefficient (Wildman–Crippen LogP) is 2.40. The molecule has 2 rings (SSSR count). The fraction of sp³-hybridized carbons (Fsp3) is 0.625. The Balaban J connectivity index is 0.00000264. The number of aromatic nitrogens is 1. The van der Waals surface area contributed by atoms with Gasteiger partial charge >= 0.3 is 0 Å². The number of nitrogens with zero attached hydrogens (tertiary/aromatic N) is 2. The number of halogens is 1. The molecule has 3 N–H and O–H groups in total. The smallest absolute Gasteiger partial charge is 0.191 e. The SMILES string of the molecule is CCNC(=NCc1ccccn1)NCC1(O)CCC1SCC.I. The molecule has 23 heavy (non-hydrogen) atoms. The van der Waals surface area contributed by atoms with Gasteiger partial charge in [0.05, 0.1) is 17.8 Å². The van der Waals surface area contributed by atoms with E-state index in [1.165, 1.54) is 0 Å². The Hall–Kier alpha value is -0.540. The zero-order valence-corrected chi connectivity index (χ0v) is 16.9. The first-order valence-corrected chi connectivity index (χ1v) is 8.99. The van der Waals surface area contributed by atoms with Gasteiger partial charge in [-0.25, -0.2) is 4.99 Å². The van der Waals surface area contributed by atoms with E-state index in [1.54, 1.807) is 6.20 Å². The Bertz CT molecular complexity index is 488. The molecule has 2 atom stereocenters. The molecular weight excluding hydrogens is 423 g/mol.